The largest absolute Gasteiger partial charge is 0.346 e. The minimum absolute atomic E-state index is 0.398. The average Bonchev–Trinajstić information content (AvgIpc) is 3.18. The van der Waals surface area contributed by atoms with Gasteiger partial charge in [0.15, 0.2) is 5.82 Å². The van der Waals surface area contributed by atoms with Crippen LogP contribution in [-0.4, -0.2) is 18.4 Å². The number of pyridine rings is 1. The van der Waals surface area contributed by atoms with Crippen LogP contribution in [0.1, 0.15) is 11.1 Å². The summed E-state index contributed by atoms with van der Waals surface area (Å²) in [4.78, 5) is 6.66. The molecule has 2 N–H and O–H groups in total. The van der Waals surface area contributed by atoms with Crippen LogP contribution in [0.15, 0.2) is 65.8 Å². The number of hydrogen-bond acceptors (Lipinski definition) is 3. The molecule has 0 spiro atoms. The van der Waals surface area contributed by atoms with E-state index in [0.717, 1.165) is 35.7 Å². The smallest absolute Gasteiger partial charge is 0.262 e. The van der Waals surface area contributed by atoms with E-state index < -0.39 is 43.6 Å². The predicted molar refractivity (Wildman–Crippen MR) is 106 cm³/mol. The van der Waals surface area contributed by atoms with Crippen molar-refractivity contribution in [1.29, 1.82) is 0 Å². The number of aromatic nitrogens is 2. The van der Waals surface area contributed by atoms with Gasteiger partial charge in [-0.1, -0.05) is 17.9 Å². The molecule has 2 heterocycles. The molecular weight excluding hydrogens is 415 g/mol. The van der Waals surface area contributed by atoms with E-state index in [1.807, 2.05) is 4.72 Å². The Morgan fingerprint density at radius 1 is 1.00 bits per heavy atom. The quantitative estimate of drug-likeness (QED) is 0.482. The van der Waals surface area contributed by atoms with Crippen molar-refractivity contribution >= 4 is 26.7 Å². The lowest BCUT2D eigenvalue weighted by Crippen LogP contribution is -2.15. The maximum absolute atomic E-state index is 14.8. The highest BCUT2D eigenvalue weighted by Gasteiger charge is 2.19. The molecule has 30 heavy (non-hydrogen) atoms. The summed E-state index contributed by atoms with van der Waals surface area (Å²) in [5, 5.41) is 0.777. The first-order valence-corrected chi connectivity index (χ1v) is 10.0. The summed E-state index contributed by atoms with van der Waals surface area (Å²) in [5.74, 6) is 2.10. The van der Waals surface area contributed by atoms with Gasteiger partial charge < -0.3 is 4.98 Å². The molecule has 4 aromatic rings. The van der Waals surface area contributed by atoms with Crippen molar-refractivity contribution in [2.75, 3.05) is 4.72 Å². The third-order valence-corrected chi connectivity index (χ3v) is 5.54. The average molecular weight is 427 g/mol. The summed E-state index contributed by atoms with van der Waals surface area (Å²) in [6.07, 6.45) is 3.14. The minimum Gasteiger partial charge on any atom is -0.346 e. The number of nitrogens with zero attached hydrogens (tertiary/aromatic N) is 1. The molecule has 0 amide bonds. The molecule has 2 aromatic carbocycles. The molecule has 0 aliphatic carbocycles. The molecular formula is C21H12F3N3O2S. The van der Waals surface area contributed by atoms with E-state index in [9.17, 15) is 21.6 Å². The number of aromatic amines is 1. The molecule has 0 aliphatic rings. The Bertz CT molecular complexity index is 1440. The number of rotatable bonds is 3. The molecule has 0 aliphatic heterocycles. The number of halogens is 3. The van der Waals surface area contributed by atoms with E-state index >= 15 is 0 Å². The highest BCUT2D eigenvalue weighted by Crippen LogP contribution is 2.24. The third kappa shape index (κ3) is 3.86. The van der Waals surface area contributed by atoms with Crippen LogP contribution in [0.3, 0.4) is 0 Å². The number of sulfonamides is 1. The van der Waals surface area contributed by atoms with Gasteiger partial charge in [-0.3, -0.25) is 4.72 Å². The van der Waals surface area contributed by atoms with Crippen LogP contribution in [0, 0.1) is 29.3 Å². The number of H-pyrrole nitrogens is 1. The Hall–Kier alpha value is -3.77. The molecule has 4 rings (SSSR count). The van der Waals surface area contributed by atoms with E-state index in [2.05, 4.69) is 21.8 Å². The molecule has 0 radical (unpaired) electrons. The fourth-order valence-corrected chi connectivity index (χ4v) is 3.82. The predicted octanol–water partition coefficient (Wildman–Crippen LogP) is 4.18. The van der Waals surface area contributed by atoms with Crippen LogP contribution in [-0.2, 0) is 10.0 Å². The zero-order chi connectivity index (χ0) is 21.3. The lowest BCUT2D eigenvalue weighted by molar-refractivity contribution is 0.577. The Labute approximate surface area is 169 Å². The second kappa shape index (κ2) is 7.57. The second-order valence-electron chi connectivity index (χ2n) is 6.24. The molecule has 2 aromatic heterocycles. The van der Waals surface area contributed by atoms with Gasteiger partial charge in [0.2, 0.25) is 0 Å². The van der Waals surface area contributed by atoms with Crippen molar-refractivity contribution in [2.45, 2.75) is 4.90 Å². The number of anilines is 1. The van der Waals surface area contributed by atoms with Gasteiger partial charge in [-0.25, -0.2) is 26.6 Å². The first-order chi connectivity index (χ1) is 14.3. The summed E-state index contributed by atoms with van der Waals surface area (Å²) in [6, 6.07) is 9.51. The van der Waals surface area contributed by atoms with Crippen LogP contribution in [0.25, 0.3) is 11.0 Å². The lowest BCUT2D eigenvalue weighted by Gasteiger charge is -2.10. The summed E-state index contributed by atoms with van der Waals surface area (Å²) in [6.45, 7) is 0. The van der Waals surface area contributed by atoms with Crippen LogP contribution in [0.2, 0.25) is 0 Å². The first kappa shape index (κ1) is 19.5. The SMILES string of the molecule is O=S(=O)(Nc1ccc(F)c(C#Cc2cnc3[nH]ccc3c2)c1F)c1cccc(F)c1. The molecule has 9 heteroatoms. The summed E-state index contributed by atoms with van der Waals surface area (Å²) in [7, 11) is -4.29. The zero-order valence-corrected chi connectivity index (χ0v) is 15.9. The number of hydrogen-bond donors (Lipinski definition) is 2. The number of fused-ring (bicyclic) bond motifs is 1. The molecule has 0 bridgehead atoms. The van der Waals surface area contributed by atoms with E-state index in [1.54, 1.807) is 18.3 Å². The Kier molecular flexibility index (Phi) is 4.93. The van der Waals surface area contributed by atoms with Gasteiger partial charge in [-0.2, -0.15) is 0 Å². The normalized spacial score (nSPS) is 11.2. The molecule has 150 valence electrons. The van der Waals surface area contributed by atoms with Crippen LogP contribution >= 0.6 is 0 Å². The molecule has 0 fully saturated rings. The van der Waals surface area contributed by atoms with Gasteiger partial charge in [0, 0.05) is 23.3 Å². The topological polar surface area (TPSA) is 74.8 Å². The van der Waals surface area contributed by atoms with Crippen LogP contribution in [0.5, 0.6) is 0 Å². The van der Waals surface area contributed by atoms with Gasteiger partial charge in [0.1, 0.15) is 17.3 Å². The Morgan fingerprint density at radius 2 is 1.83 bits per heavy atom. The summed E-state index contributed by atoms with van der Waals surface area (Å²) < 4.78 is 69.1. The van der Waals surface area contributed by atoms with Crippen LogP contribution < -0.4 is 4.72 Å². The number of nitrogens with one attached hydrogen (secondary N) is 2. The molecule has 0 saturated carbocycles. The number of benzene rings is 2. The van der Waals surface area contributed by atoms with E-state index in [0.29, 0.717) is 11.2 Å². The Morgan fingerprint density at radius 3 is 2.63 bits per heavy atom. The van der Waals surface area contributed by atoms with Crippen molar-refractivity contribution in [2.24, 2.45) is 0 Å². The van der Waals surface area contributed by atoms with Gasteiger partial charge in [0.25, 0.3) is 10.0 Å². The van der Waals surface area contributed by atoms with Crippen molar-refractivity contribution < 1.29 is 21.6 Å². The first-order valence-electron chi connectivity index (χ1n) is 8.55. The van der Waals surface area contributed by atoms with Crippen molar-refractivity contribution in [3.63, 3.8) is 0 Å². The van der Waals surface area contributed by atoms with Gasteiger partial charge in [0.05, 0.1) is 16.1 Å². The molecule has 5 nitrogen and oxygen atoms in total. The van der Waals surface area contributed by atoms with E-state index in [-0.39, 0.29) is 0 Å². The maximum atomic E-state index is 14.8. The third-order valence-electron chi connectivity index (χ3n) is 4.17. The summed E-state index contributed by atoms with van der Waals surface area (Å²) >= 11 is 0. The minimum atomic E-state index is -4.29. The monoisotopic (exact) mass is 427 g/mol. The molecule has 0 saturated heterocycles. The van der Waals surface area contributed by atoms with Gasteiger partial charge in [-0.05, 0) is 42.5 Å². The van der Waals surface area contributed by atoms with Crippen molar-refractivity contribution in [3.05, 3.63) is 89.5 Å². The van der Waals surface area contributed by atoms with E-state index in [1.165, 1.54) is 12.3 Å². The van der Waals surface area contributed by atoms with Crippen LogP contribution in [0.4, 0.5) is 18.9 Å². The van der Waals surface area contributed by atoms with Crippen molar-refractivity contribution in [1.82, 2.24) is 9.97 Å². The zero-order valence-electron chi connectivity index (χ0n) is 15.1. The van der Waals surface area contributed by atoms with Gasteiger partial charge >= 0.3 is 0 Å². The standard InChI is InChI=1S/C21H12F3N3O2S/c22-15-2-1-3-16(11-15)30(28,29)27-19-7-6-18(23)17(20(19)24)5-4-13-10-14-8-9-25-21(14)26-12-13/h1-3,6-12,27H,(H,25,26). The second-order valence-corrected chi connectivity index (χ2v) is 7.92. The molecule has 0 atom stereocenters. The lowest BCUT2D eigenvalue weighted by atomic mass is 10.1. The fraction of sp³-hybridized carbons (Fsp3) is 0. The highest BCUT2D eigenvalue weighted by atomic mass is 32.2. The van der Waals surface area contributed by atoms with E-state index in [4.69, 9.17) is 0 Å². The van der Waals surface area contributed by atoms with Gasteiger partial charge in [-0.15, -0.1) is 0 Å². The molecule has 0 unspecified atom stereocenters. The fourth-order valence-electron chi connectivity index (χ4n) is 2.73. The summed E-state index contributed by atoms with van der Waals surface area (Å²) in [5.41, 5.74) is -0.0499. The Balaban J connectivity index is 1.69. The highest BCUT2D eigenvalue weighted by molar-refractivity contribution is 7.92. The van der Waals surface area contributed by atoms with Crippen molar-refractivity contribution in [3.8, 4) is 11.8 Å². The maximum Gasteiger partial charge on any atom is 0.262 e.